The summed E-state index contributed by atoms with van der Waals surface area (Å²) in [6.45, 7) is 0. The van der Waals surface area contributed by atoms with Crippen LogP contribution in [-0.2, 0) is 10.1 Å². The van der Waals surface area contributed by atoms with Crippen LogP contribution in [0.3, 0.4) is 0 Å². The van der Waals surface area contributed by atoms with Crippen LogP contribution in [0.15, 0.2) is 41.3 Å². The van der Waals surface area contributed by atoms with E-state index in [0.29, 0.717) is 10.8 Å². The van der Waals surface area contributed by atoms with Crippen LogP contribution in [0.25, 0.3) is 10.8 Å². The molecule has 2 rings (SSSR count). The number of hydrogen-bond acceptors (Lipinski definition) is 3. The van der Waals surface area contributed by atoms with Crippen LogP contribution in [0.1, 0.15) is 0 Å². The van der Waals surface area contributed by atoms with Crippen molar-refractivity contribution in [2.75, 3.05) is 0 Å². The van der Waals surface area contributed by atoms with E-state index >= 15 is 0 Å². The molecule has 0 aliphatic heterocycles. The van der Waals surface area contributed by atoms with Gasteiger partial charge >= 0.3 is 0 Å². The molecule has 0 aliphatic carbocycles. The summed E-state index contributed by atoms with van der Waals surface area (Å²) in [5.41, 5.74) is 0. The SMILES string of the molecule is O=S(=O)(O)c1cccc2c(O)cccc12.[Na]. The van der Waals surface area contributed by atoms with Gasteiger partial charge in [0.2, 0.25) is 0 Å². The molecule has 1 radical (unpaired) electrons. The number of hydrogen-bond donors (Lipinski definition) is 2. The fraction of sp³-hybridized carbons (Fsp3) is 0. The molecule has 0 saturated heterocycles. The van der Waals surface area contributed by atoms with Crippen molar-refractivity contribution >= 4 is 50.4 Å². The normalized spacial score (nSPS) is 11.1. The molecule has 0 fully saturated rings. The molecule has 2 aromatic carbocycles. The molecule has 16 heavy (non-hydrogen) atoms. The van der Waals surface area contributed by atoms with Gasteiger partial charge in [-0.05, 0) is 12.1 Å². The van der Waals surface area contributed by atoms with Crippen molar-refractivity contribution in [3.63, 3.8) is 0 Å². The summed E-state index contributed by atoms with van der Waals surface area (Å²) in [6.07, 6.45) is 0. The summed E-state index contributed by atoms with van der Waals surface area (Å²) in [6, 6.07) is 8.84. The van der Waals surface area contributed by atoms with E-state index in [4.69, 9.17) is 4.55 Å². The number of aromatic hydroxyl groups is 1. The maximum Gasteiger partial charge on any atom is 0.295 e. The van der Waals surface area contributed by atoms with Crippen molar-refractivity contribution in [1.29, 1.82) is 0 Å². The Labute approximate surface area is 115 Å². The van der Waals surface area contributed by atoms with Gasteiger partial charge in [0.1, 0.15) is 10.6 Å². The largest absolute Gasteiger partial charge is 0.507 e. The molecule has 0 bridgehead atoms. The van der Waals surface area contributed by atoms with Gasteiger partial charge in [0.15, 0.2) is 0 Å². The smallest absolute Gasteiger partial charge is 0.295 e. The molecule has 0 heterocycles. The minimum absolute atomic E-state index is 0. The van der Waals surface area contributed by atoms with E-state index in [0.717, 1.165) is 0 Å². The predicted octanol–water partition coefficient (Wildman–Crippen LogP) is 1.41. The average molecular weight is 247 g/mol. The molecule has 4 nitrogen and oxygen atoms in total. The summed E-state index contributed by atoms with van der Waals surface area (Å²) in [5, 5.41) is 10.2. The first-order valence-corrected chi connectivity index (χ1v) is 5.62. The Kier molecular flexibility index (Phi) is 3.98. The van der Waals surface area contributed by atoms with Crippen LogP contribution < -0.4 is 0 Å². The van der Waals surface area contributed by atoms with Crippen molar-refractivity contribution < 1.29 is 18.1 Å². The third kappa shape index (κ3) is 2.39. The van der Waals surface area contributed by atoms with E-state index in [1.165, 1.54) is 30.3 Å². The summed E-state index contributed by atoms with van der Waals surface area (Å²) >= 11 is 0. The Balaban J connectivity index is 0.00000128. The molecule has 2 aromatic rings. The molecule has 0 aromatic heterocycles. The molecule has 0 aliphatic rings. The van der Waals surface area contributed by atoms with E-state index < -0.39 is 10.1 Å². The van der Waals surface area contributed by atoms with Gasteiger partial charge in [-0.15, -0.1) is 0 Å². The summed E-state index contributed by atoms with van der Waals surface area (Å²) < 4.78 is 31.0. The van der Waals surface area contributed by atoms with Crippen LogP contribution in [0.4, 0.5) is 0 Å². The van der Waals surface area contributed by atoms with E-state index in [9.17, 15) is 13.5 Å². The van der Waals surface area contributed by atoms with Crippen LogP contribution in [-0.4, -0.2) is 47.6 Å². The monoisotopic (exact) mass is 247 g/mol. The topological polar surface area (TPSA) is 74.6 Å². The molecule has 0 unspecified atom stereocenters. The third-order valence-electron chi connectivity index (χ3n) is 2.14. The Bertz CT molecular complexity index is 622. The Hall–Kier alpha value is -0.590. The zero-order valence-corrected chi connectivity index (χ0v) is 11.4. The number of phenols is 1. The summed E-state index contributed by atoms with van der Waals surface area (Å²) in [7, 11) is -4.26. The van der Waals surface area contributed by atoms with Gasteiger partial charge < -0.3 is 5.11 Å². The summed E-state index contributed by atoms with van der Waals surface area (Å²) in [4.78, 5) is -0.198. The Morgan fingerprint density at radius 2 is 1.50 bits per heavy atom. The quantitative estimate of drug-likeness (QED) is 0.590. The van der Waals surface area contributed by atoms with Gasteiger partial charge in [-0.3, -0.25) is 4.55 Å². The van der Waals surface area contributed by atoms with Crippen LogP contribution in [0.2, 0.25) is 0 Å². The van der Waals surface area contributed by atoms with Gasteiger partial charge in [-0.25, -0.2) is 0 Å². The van der Waals surface area contributed by atoms with Crippen LogP contribution in [0, 0.1) is 0 Å². The maximum atomic E-state index is 11.0. The van der Waals surface area contributed by atoms with Gasteiger partial charge in [-0.1, -0.05) is 24.3 Å². The van der Waals surface area contributed by atoms with Crippen molar-refractivity contribution in [3.05, 3.63) is 36.4 Å². The Morgan fingerprint density at radius 3 is 2.12 bits per heavy atom. The number of fused-ring (bicyclic) bond motifs is 1. The standard InChI is InChI=1S/C10H8O4S.Na/c11-9-5-1-4-8-7(9)3-2-6-10(8)15(12,13)14;/h1-6,11H,(H,12,13,14);. The molecule has 0 atom stereocenters. The van der Waals surface area contributed by atoms with Crippen LogP contribution >= 0.6 is 0 Å². The van der Waals surface area contributed by atoms with E-state index in [-0.39, 0.29) is 40.2 Å². The molecule has 79 valence electrons. The second kappa shape index (κ2) is 4.73. The first-order valence-electron chi connectivity index (χ1n) is 4.18. The molecule has 0 amide bonds. The molecule has 6 heteroatoms. The van der Waals surface area contributed by atoms with Gasteiger partial charge in [0, 0.05) is 40.3 Å². The third-order valence-corrected chi connectivity index (χ3v) is 3.05. The molecule has 2 N–H and O–H groups in total. The minimum atomic E-state index is -4.26. The zero-order chi connectivity index (χ0) is 11.1. The zero-order valence-electron chi connectivity index (χ0n) is 8.58. The molecule has 0 spiro atoms. The number of phenolic OH excluding ortho intramolecular Hbond substituents is 1. The molecular formula is C10H8NaO4S. The van der Waals surface area contributed by atoms with E-state index in [2.05, 4.69) is 0 Å². The van der Waals surface area contributed by atoms with Crippen molar-refractivity contribution in [3.8, 4) is 5.75 Å². The fourth-order valence-corrected chi connectivity index (χ4v) is 2.20. The second-order valence-electron chi connectivity index (χ2n) is 3.10. The van der Waals surface area contributed by atoms with Gasteiger partial charge in [0.25, 0.3) is 10.1 Å². The number of benzene rings is 2. The van der Waals surface area contributed by atoms with Crippen molar-refractivity contribution in [1.82, 2.24) is 0 Å². The predicted molar refractivity (Wildman–Crippen MR) is 61.2 cm³/mol. The summed E-state index contributed by atoms with van der Waals surface area (Å²) in [5.74, 6) is -0.0157. The van der Waals surface area contributed by atoms with Gasteiger partial charge in [-0.2, -0.15) is 8.42 Å². The fourth-order valence-electron chi connectivity index (χ4n) is 1.49. The minimum Gasteiger partial charge on any atom is -0.507 e. The Morgan fingerprint density at radius 1 is 0.938 bits per heavy atom. The van der Waals surface area contributed by atoms with E-state index in [1.807, 2.05) is 0 Å². The van der Waals surface area contributed by atoms with Crippen LogP contribution in [0.5, 0.6) is 5.75 Å². The second-order valence-corrected chi connectivity index (χ2v) is 4.49. The first-order chi connectivity index (χ1) is 7.00. The first kappa shape index (κ1) is 13.5. The number of rotatable bonds is 1. The van der Waals surface area contributed by atoms with Crippen molar-refractivity contribution in [2.24, 2.45) is 0 Å². The molecule has 0 saturated carbocycles. The van der Waals surface area contributed by atoms with Crippen molar-refractivity contribution in [2.45, 2.75) is 4.90 Å². The average Bonchev–Trinajstić information content (AvgIpc) is 2.16. The molecular weight excluding hydrogens is 239 g/mol. The van der Waals surface area contributed by atoms with Gasteiger partial charge in [0.05, 0.1) is 0 Å². The van der Waals surface area contributed by atoms with E-state index in [1.54, 1.807) is 6.07 Å². The maximum absolute atomic E-state index is 11.0.